The van der Waals surface area contributed by atoms with Crippen LogP contribution in [0, 0.1) is 0 Å². The Morgan fingerprint density at radius 2 is 0.482 bits per heavy atom. The van der Waals surface area contributed by atoms with Crippen molar-refractivity contribution in [2.75, 3.05) is 39.6 Å². The number of phosphoric ester groups is 2. The summed E-state index contributed by atoms with van der Waals surface area (Å²) in [6.45, 7) is 4.45. The first-order valence-corrected chi connectivity index (χ1v) is 45.7. The molecule has 0 saturated heterocycles. The SMILES string of the molecule is CC/C=C\C/C=C\C/C=C\C/C=C\C/C=C\C/C=C\CCC(=O)O[C@H](COC(=O)CC/C=C\C/C=C\C/C=C\C/C=C\C/C=C\CCCCC)COP(=O)(O)OC[C@@H](O)COP(=O)(O)OC[C@@H](COC(=O)CCCCCCCCCCCCCCCCC)OC(=O)CC/C=C\C/C=C\C/C=C\C/C=C\C/C=C\CCCCC. The maximum Gasteiger partial charge on any atom is 0.472 e. The summed E-state index contributed by atoms with van der Waals surface area (Å²) in [5.74, 6) is -2.48. The molecule has 0 aliphatic heterocycles. The molecule has 0 fully saturated rings. The van der Waals surface area contributed by atoms with Gasteiger partial charge >= 0.3 is 39.5 Å². The molecule has 2 unspecified atom stereocenters. The van der Waals surface area contributed by atoms with Crippen molar-refractivity contribution in [2.45, 2.75) is 329 Å². The molecule has 0 aromatic rings. The Kier molecular flexibility index (Phi) is 78.4. The van der Waals surface area contributed by atoms with Gasteiger partial charge in [-0.25, -0.2) is 9.13 Å². The normalized spacial score (nSPS) is 14.7. The van der Waals surface area contributed by atoms with E-state index in [0.29, 0.717) is 44.9 Å². The highest BCUT2D eigenvalue weighted by Gasteiger charge is 2.30. The number of aliphatic hydroxyl groups is 1. The van der Waals surface area contributed by atoms with Gasteiger partial charge in [0.05, 0.1) is 26.4 Å². The van der Waals surface area contributed by atoms with Crippen LogP contribution in [0.25, 0.3) is 0 Å². The Morgan fingerprint density at radius 1 is 0.259 bits per heavy atom. The summed E-state index contributed by atoms with van der Waals surface area (Å²) in [6, 6.07) is 0. The summed E-state index contributed by atoms with van der Waals surface area (Å²) in [6.07, 6.45) is 103. The van der Waals surface area contributed by atoms with E-state index in [2.05, 4.69) is 167 Å². The fraction of sp³-hybridized carbons (Fsp3) is 0.613. The molecule has 0 saturated carbocycles. The van der Waals surface area contributed by atoms with Gasteiger partial charge in [-0.1, -0.05) is 338 Å². The predicted molar refractivity (Wildman–Crippen MR) is 463 cm³/mol. The lowest BCUT2D eigenvalue weighted by Crippen LogP contribution is -2.30. The van der Waals surface area contributed by atoms with Crippen LogP contribution in [-0.4, -0.2) is 96.7 Å². The van der Waals surface area contributed by atoms with E-state index < -0.39 is 97.5 Å². The zero-order valence-electron chi connectivity index (χ0n) is 69.5. The third-order valence-electron chi connectivity index (χ3n) is 17.1. The maximum absolute atomic E-state index is 13.1. The fourth-order valence-corrected chi connectivity index (χ4v) is 12.2. The van der Waals surface area contributed by atoms with Gasteiger partial charge in [0.25, 0.3) is 0 Å². The number of ether oxygens (including phenoxy) is 4. The molecule has 112 heavy (non-hydrogen) atoms. The highest BCUT2D eigenvalue weighted by atomic mass is 31.2. The highest BCUT2D eigenvalue weighted by molar-refractivity contribution is 7.47. The van der Waals surface area contributed by atoms with Crippen LogP contribution in [0.4, 0.5) is 0 Å². The molecule has 0 rings (SSSR count). The third kappa shape index (κ3) is 81.9. The molecular weight excluding hydrogens is 1450 g/mol. The molecule has 0 aliphatic carbocycles. The van der Waals surface area contributed by atoms with E-state index in [-0.39, 0.29) is 25.7 Å². The van der Waals surface area contributed by atoms with Crippen LogP contribution >= 0.6 is 15.6 Å². The molecule has 0 radical (unpaired) electrons. The van der Waals surface area contributed by atoms with Crippen molar-refractivity contribution >= 4 is 39.5 Å². The van der Waals surface area contributed by atoms with Gasteiger partial charge < -0.3 is 33.8 Å². The third-order valence-corrected chi connectivity index (χ3v) is 19.0. The van der Waals surface area contributed by atoms with Gasteiger partial charge in [-0.15, -0.1) is 0 Å². The number of hydrogen-bond acceptors (Lipinski definition) is 15. The quantitative estimate of drug-likeness (QED) is 0.0169. The number of carbonyl (C=O) groups is 4. The van der Waals surface area contributed by atoms with Crippen molar-refractivity contribution < 1.29 is 80.2 Å². The van der Waals surface area contributed by atoms with E-state index in [1.54, 1.807) is 0 Å². The number of allylic oxidation sites excluding steroid dienone is 32. The molecule has 3 N–H and O–H groups in total. The molecule has 0 aromatic carbocycles. The average molecular weight is 1600 g/mol. The Balaban J connectivity index is 5.60. The van der Waals surface area contributed by atoms with Crippen molar-refractivity contribution in [1.29, 1.82) is 0 Å². The van der Waals surface area contributed by atoms with Crippen LogP contribution in [0.1, 0.15) is 310 Å². The smallest absolute Gasteiger partial charge is 0.462 e. The summed E-state index contributed by atoms with van der Waals surface area (Å²) < 4.78 is 68.5. The van der Waals surface area contributed by atoms with Gasteiger partial charge in [0.1, 0.15) is 19.3 Å². The standard InChI is InChI=1S/C93H150O17P2/c1-5-9-13-17-21-25-29-33-37-40-43-46-50-54-58-62-66-70-74-78-91(96)104-84-89(110-93(98)80-76-72-68-64-60-56-52-48-45-42-39-35-31-27-23-19-15-11-7-3)86-108-112(101,102)106-82-87(94)81-105-111(99,100)107-85-88(83-103-90(95)77-73-69-65-61-57-53-49-36-32-28-24-20-16-12-8-4)109-92(97)79-75-71-67-63-59-55-51-47-44-41-38-34-30-26-22-18-14-10-6-2/h11,15,21-23,25-27,33-35,37-39,43-48,54-56,58-60,66-68,70-72,87-89,94H,5-10,12-14,16-20,24,28-32,36,40-42,49-53,57,61-65,69,73-86H2,1-4H3,(H,99,100)(H,101,102)/b15-11-,25-21-,26-22-,27-23-,37-33-,38-34-,39-35-,46-43-,47-44-,48-45-,58-54-,59-55-,60-56-,70-66-,71-67-,72-68-/t87-,88+,89+/m0/s1. The lowest BCUT2D eigenvalue weighted by atomic mass is 10.0. The van der Waals surface area contributed by atoms with Crippen molar-refractivity contribution in [1.82, 2.24) is 0 Å². The Hall–Kier alpha value is -6.10. The van der Waals surface area contributed by atoms with E-state index >= 15 is 0 Å². The molecule has 634 valence electrons. The molecular formula is C93H150O17P2. The fourth-order valence-electron chi connectivity index (χ4n) is 10.6. The zero-order valence-corrected chi connectivity index (χ0v) is 71.3. The number of esters is 4. The summed E-state index contributed by atoms with van der Waals surface area (Å²) in [5.41, 5.74) is 0. The van der Waals surface area contributed by atoms with Gasteiger partial charge in [0.15, 0.2) is 12.2 Å². The van der Waals surface area contributed by atoms with Crippen LogP contribution in [0.15, 0.2) is 194 Å². The van der Waals surface area contributed by atoms with Crippen molar-refractivity contribution in [2.24, 2.45) is 0 Å². The minimum atomic E-state index is -5.03. The Morgan fingerprint density at radius 3 is 0.768 bits per heavy atom. The number of aliphatic hydroxyl groups excluding tert-OH is 1. The molecule has 0 aromatic heterocycles. The van der Waals surface area contributed by atoms with Gasteiger partial charge in [0.2, 0.25) is 0 Å². The Labute approximate surface area is 678 Å². The first-order valence-electron chi connectivity index (χ1n) is 42.7. The molecule has 0 spiro atoms. The number of carbonyl (C=O) groups excluding carboxylic acids is 4. The van der Waals surface area contributed by atoms with Crippen LogP contribution < -0.4 is 0 Å². The molecule has 0 bridgehead atoms. The number of unbranched alkanes of at least 4 members (excludes halogenated alkanes) is 20. The number of rotatable bonds is 78. The van der Waals surface area contributed by atoms with E-state index in [0.717, 1.165) is 109 Å². The second kappa shape index (κ2) is 82.9. The van der Waals surface area contributed by atoms with Gasteiger partial charge in [-0.05, 0) is 141 Å². The van der Waals surface area contributed by atoms with Crippen LogP contribution in [-0.2, 0) is 65.4 Å². The lowest BCUT2D eigenvalue weighted by Gasteiger charge is -2.21. The van der Waals surface area contributed by atoms with Crippen LogP contribution in [0.2, 0.25) is 0 Å². The molecule has 0 aliphatic rings. The highest BCUT2D eigenvalue weighted by Crippen LogP contribution is 2.45. The summed E-state index contributed by atoms with van der Waals surface area (Å²) >= 11 is 0. The molecule has 0 heterocycles. The molecule has 0 amide bonds. The topological polar surface area (TPSA) is 237 Å². The Bertz CT molecular complexity index is 2890. The van der Waals surface area contributed by atoms with Crippen LogP contribution in [0.5, 0.6) is 0 Å². The number of hydrogen-bond donors (Lipinski definition) is 3. The summed E-state index contributed by atoms with van der Waals surface area (Å²) in [7, 11) is -10.1. The summed E-state index contributed by atoms with van der Waals surface area (Å²) in [4.78, 5) is 73.1. The van der Waals surface area contributed by atoms with Gasteiger partial charge in [-0.3, -0.25) is 37.3 Å². The number of phosphoric acid groups is 2. The average Bonchev–Trinajstić information content (AvgIpc) is 0.907. The first-order chi connectivity index (χ1) is 54.7. The maximum atomic E-state index is 13.1. The molecule has 17 nitrogen and oxygen atoms in total. The minimum Gasteiger partial charge on any atom is -0.462 e. The minimum absolute atomic E-state index is 0.0127. The van der Waals surface area contributed by atoms with Crippen molar-refractivity contribution in [3.8, 4) is 0 Å². The van der Waals surface area contributed by atoms with E-state index in [9.17, 15) is 43.2 Å². The predicted octanol–water partition coefficient (Wildman–Crippen LogP) is 25.7. The van der Waals surface area contributed by atoms with Gasteiger partial charge in [-0.2, -0.15) is 0 Å². The van der Waals surface area contributed by atoms with E-state index in [4.69, 9.17) is 37.0 Å². The second-order valence-corrected chi connectivity index (χ2v) is 30.6. The largest absolute Gasteiger partial charge is 0.472 e. The van der Waals surface area contributed by atoms with Crippen molar-refractivity contribution in [3.63, 3.8) is 0 Å². The van der Waals surface area contributed by atoms with E-state index in [1.807, 2.05) is 54.7 Å². The van der Waals surface area contributed by atoms with Gasteiger partial charge in [0, 0.05) is 25.7 Å². The summed E-state index contributed by atoms with van der Waals surface area (Å²) in [5, 5.41) is 10.7. The zero-order chi connectivity index (χ0) is 81.7. The van der Waals surface area contributed by atoms with Crippen LogP contribution in [0.3, 0.4) is 0 Å². The lowest BCUT2D eigenvalue weighted by molar-refractivity contribution is -0.161. The molecule has 5 atom stereocenters. The van der Waals surface area contributed by atoms with E-state index in [1.165, 1.54) is 103 Å². The second-order valence-electron chi connectivity index (χ2n) is 27.7. The molecule has 19 heteroatoms. The monoisotopic (exact) mass is 1600 g/mol. The first kappa shape index (κ1) is 106. The van der Waals surface area contributed by atoms with Crippen molar-refractivity contribution in [3.05, 3.63) is 194 Å².